The van der Waals surface area contributed by atoms with Gasteiger partial charge in [-0.3, -0.25) is 4.79 Å². The Morgan fingerprint density at radius 2 is 2.31 bits per heavy atom. The molecule has 0 spiro atoms. The number of carbonyl (C=O) groups is 1. The smallest absolute Gasteiger partial charge is 0.222 e. The van der Waals surface area contributed by atoms with E-state index in [2.05, 4.69) is 12.2 Å². The molecule has 0 aromatic heterocycles. The van der Waals surface area contributed by atoms with Gasteiger partial charge in [0, 0.05) is 32.2 Å². The third-order valence-electron chi connectivity index (χ3n) is 3.06. The largest absolute Gasteiger partial charge is 0.396 e. The predicted octanol–water partition coefficient (Wildman–Crippen LogP) is 0.750. The highest BCUT2D eigenvalue weighted by Crippen LogP contribution is 2.09. The third-order valence-corrected chi connectivity index (χ3v) is 3.06. The Hall–Kier alpha value is -0.610. The van der Waals surface area contributed by atoms with E-state index in [9.17, 15) is 4.79 Å². The van der Waals surface area contributed by atoms with E-state index in [1.807, 2.05) is 4.90 Å². The van der Waals surface area contributed by atoms with Gasteiger partial charge in [0.05, 0.1) is 0 Å². The van der Waals surface area contributed by atoms with E-state index < -0.39 is 0 Å². The van der Waals surface area contributed by atoms with Crippen LogP contribution in [0.25, 0.3) is 0 Å². The van der Waals surface area contributed by atoms with Gasteiger partial charge in [-0.1, -0.05) is 0 Å². The lowest BCUT2D eigenvalue weighted by Crippen LogP contribution is -2.31. The molecule has 0 bridgehead atoms. The Morgan fingerprint density at radius 3 is 2.94 bits per heavy atom. The maximum Gasteiger partial charge on any atom is 0.222 e. The number of hydrogen-bond acceptors (Lipinski definition) is 3. The molecule has 1 heterocycles. The van der Waals surface area contributed by atoms with Crippen LogP contribution in [-0.4, -0.2) is 48.2 Å². The van der Waals surface area contributed by atoms with Gasteiger partial charge < -0.3 is 15.3 Å². The van der Waals surface area contributed by atoms with E-state index in [0.717, 1.165) is 51.7 Å². The second-order valence-corrected chi connectivity index (χ2v) is 4.56. The van der Waals surface area contributed by atoms with Crippen molar-refractivity contribution in [3.8, 4) is 0 Å². The molecule has 1 fully saturated rings. The van der Waals surface area contributed by atoms with Gasteiger partial charge in [-0.05, 0) is 39.2 Å². The lowest BCUT2D eigenvalue weighted by molar-refractivity contribution is -0.127. The van der Waals surface area contributed by atoms with Crippen LogP contribution in [-0.2, 0) is 4.79 Å². The summed E-state index contributed by atoms with van der Waals surface area (Å²) in [6.07, 6.45) is 4.66. The second-order valence-electron chi connectivity index (χ2n) is 4.56. The fourth-order valence-electron chi connectivity index (χ4n) is 2.06. The maximum atomic E-state index is 11.3. The van der Waals surface area contributed by atoms with E-state index in [1.54, 1.807) is 0 Å². The summed E-state index contributed by atoms with van der Waals surface area (Å²) in [5.41, 5.74) is 0. The number of nitrogens with one attached hydrogen (secondary N) is 1. The number of aliphatic hydroxyl groups excluding tert-OH is 1. The lowest BCUT2D eigenvalue weighted by Gasteiger charge is -2.17. The Labute approximate surface area is 98.0 Å². The molecule has 1 amide bonds. The van der Waals surface area contributed by atoms with E-state index in [0.29, 0.717) is 11.9 Å². The van der Waals surface area contributed by atoms with Crippen molar-refractivity contribution in [3.63, 3.8) is 0 Å². The summed E-state index contributed by atoms with van der Waals surface area (Å²) in [6.45, 7) is 5.19. The zero-order chi connectivity index (χ0) is 11.8. The highest BCUT2D eigenvalue weighted by Gasteiger charge is 2.18. The van der Waals surface area contributed by atoms with Gasteiger partial charge >= 0.3 is 0 Å². The average Bonchev–Trinajstić information content (AvgIpc) is 2.67. The van der Waals surface area contributed by atoms with Crippen LogP contribution in [0.4, 0.5) is 0 Å². The summed E-state index contributed by atoms with van der Waals surface area (Å²) < 4.78 is 0. The molecule has 0 aromatic carbocycles. The number of nitrogens with zero attached hydrogens (tertiary/aromatic N) is 1. The van der Waals surface area contributed by atoms with Crippen LogP contribution in [0.15, 0.2) is 0 Å². The number of hydrogen-bond donors (Lipinski definition) is 2. The van der Waals surface area contributed by atoms with E-state index >= 15 is 0 Å². The molecule has 16 heavy (non-hydrogen) atoms. The number of rotatable bonds is 8. The Morgan fingerprint density at radius 1 is 1.50 bits per heavy atom. The Kier molecular flexibility index (Phi) is 6.42. The van der Waals surface area contributed by atoms with Crippen molar-refractivity contribution in [1.29, 1.82) is 0 Å². The molecule has 94 valence electrons. The highest BCUT2D eigenvalue weighted by atomic mass is 16.2. The Balaban J connectivity index is 1.96. The molecule has 0 aliphatic carbocycles. The molecular weight excluding hydrogens is 204 g/mol. The quantitative estimate of drug-likeness (QED) is 0.603. The van der Waals surface area contributed by atoms with Gasteiger partial charge in [0.15, 0.2) is 0 Å². The van der Waals surface area contributed by atoms with Crippen LogP contribution in [0, 0.1) is 0 Å². The summed E-state index contributed by atoms with van der Waals surface area (Å²) in [6, 6.07) is 0.460. The molecule has 4 nitrogen and oxygen atoms in total. The monoisotopic (exact) mass is 228 g/mol. The predicted molar refractivity (Wildman–Crippen MR) is 64.2 cm³/mol. The van der Waals surface area contributed by atoms with E-state index in [4.69, 9.17) is 5.11 Å². The van der Waals surface area contributed by atoms with Crippen LogP contribution in [0.5, 0.6) is 0 Å². The summed E-state index contributed by atoms with van der Waals surface area (Å²) in [4.78, 5) is 13.3. The van der Waals surface area contributed by atoms with Crippen molar-refractivity contribution in [3.05, 3.63) is 0 Å². The van der Waals surface area contributed by atoms with Gasteiger partial charge in [0.25, 0.3) is 0 Å². The van der Waals surface area contributed by atoms with Crippen molar-refractivity contribution in [2.75, 3.05) is 26.2 Å². The van der Waals surface area contributed by atoms with Gasteiger partial charge in [0.1, 0.15) is 0 Å². The van der Waals surface area contributed by atoms with Crippen molar-refractivity contribution in [1.82, 2.24) is 10.2 Å². The molecule has 1 aliphatic heterocycles. The van der Waals surface area contributed by atoms with Crippen LogP contribution in [0.1, 0.15) is 39.0 Å². The third kappa shape index (κ3) is 4.94. The van der Waals surface area contributed by atoms with Crippen LogP contribution >= 0.6 is 0 Å². The molecule has 1 unspecified atom stereocenters. The first-order valence-electron chi connectivity index (χ1n) is 6.36. The van der Waals surface area contributed by atoms with Crippen molar-refractivity contribution < 1.29 is 9.90 Å². The molecule has 0 aromatic rings. The number of amides is 1. The first kappa shape index (κ1) is 13.5. The zero-order valence-corrected chi connectivity index (χ0v) is 10.2. The summed E-state index contributed by atoms with van der Waals surface area (Å²) in [7, 11) is 0. The first-order chi connectivity index (χ1) is 7.74. The molecular formula is C12H24N2O2. The van der Waals surface area contributed by atoms with Gasteiger partial charge in [-0.15, -0.1) is 0 Å². The molecule has 0 radical (unpaired) electrons. The Bertz CT molecular complexity index is 209. The standard InChI is InChI=1S/C12H24N2O2/c1-11(5-3-10-15)13-7-4-9-14-8-2-6-12(14)16/h11,13,15H,2-10H2,1H3. The van der Waals surface area contributed by atoms with E-state index in [1.165, 1.54) is 0 Å². The molecule has 0 saturated carbocycles. The molecule has 4 heteroatoms. The normalized spacial score (nSPS) is 18.1. The van der Waals surface area contributed by atoms with Crippen molar-refractivity contribution in [2.45, 2.75) is 45.1 Å². The highest BCUT2D eigenvalue weighted by molar-refractivity contribution is 5.77. The SMILES string of the molecule is CC(CCCO)NCCCN1CCCC1=O. The number of likely N-dealkylation sites (tertiary alicyclic amines) is 1. The topological polar surface area (TPSA) is 52.6 Å². The first-order valence-corrected chi connectivity index (χ1v) is 6.36. The fraction of sp³-hybridized carbons (Fsp3) is 0.917. The molecule has 1 saturated heterocycles. The van der Waals surface area contributed by atoms with E-state index in [-0.39, 0.29) is 6.61 Å². The molecule has 2 N–H and O–H groups in total. The fourth-order valence-corrected chi connectivity index (χ4v) is 2.06. The van der Waals surface area contributed by atoms with Crippen molar-refractivity contribution >= 4 is 5.91 Å². The average molecular weight is 228 g/mol. The van der Waals surface area contributed by atoms with Gasteiger partial charge in [0.2, 0.25) is 5.91 Å². The number of carbonyl (C=O) groups excluding carboxylic acids is 1. The summed E-state index contributed by atoms with van der Waals surface area (Å²) in [5.74, 6) is 0.313. The van der Waals surface area contributed by atoms with Gasteiger partial charge in [-0.2, -0.15) is 0 Å². The van der Waals surface area contributed by atoms with Gasteiger partial charge in [-0.25, -0.2) is 0 Å². The lowest BCUT2D eigenvalue weighted by atomic mass is 10.2. The second kappa shape index (κ2) is 7.63. The molecule has 1 atom stereocenters. The van der Waals surface area contributed by atoms with Crippen LogP contribution in [0.2, 0.25) is 0 Å². The molecule has 1 aliphatic rings. The number of aliphatic hydroxyl groups is 1. The maximum absolute atomic E-state index is 11.3. The minimum Gasteiger partial charge on any atom is -0.396 e. The zero-order valence-electron chi connectivity index (χ0n) is 10.2. The summed E-state index contributed by atoms with van der Waals surface area (Å²) in [5, 5.41) is 12.1. The van der Waals surface area contributed by atoms with Crippen LogP contribution in [0.3, 0.4) is 0 Å². The van der Waals surface area contributed by atoms with Crippen LogP contribution < -0.4 is 5.32 Å². The minimum absolute atomic E-state index is 0.272. The summed E-state index contributed by atoms with van der Waals surface area (Å²) >= 11 is 0. The molecule has 1 rings (SSSR count). The van der Waals surface area contributed by atoms with Crippen molar-refractivity contribution in [2.24, 2.45) is 0 Å². The minimum atomic E-state index is 0.272.